The zero-order valence-electron chi connectivity index (χ0n) is 11.5. The number of nitrogens with zero attached hydrogens (tertiary/aromatic N) is 2. The molecule has 2 atom stereocenters. The number of hydrogen-bond donors (Lipinski definition) is 1. The fourth-order valence-electron chi connectivity index (χ4n) is 2.49. The van der Waals surface area contributed by atoms with Gasteiger partial charge in [0.1, 0.15) is 0 Å². The second-order valence-corrected chi connectivity index (χ2v) is 8.14. The smallest absolute Gasteiger partial charge is 0.243 e. The molecule has 1 heterocycles. The first-order valence-corrected chi connectivity index (χ1v) is 8.64. The molecule has 0 radical (unpaired) electrons. The van der Waals surface area contributed by atoms with Crippen molar-refractivity contribution in [1.29, 1.82) is 0 Å². The summed E-state index contributed by atoms with van der Waals surface area (Å²) in [5.41, 5.74) is 0. The molecule has 0 saturated carbocycles. The number of β-amino-alcohol motifs (C(OH)–C–C–N with tert-alkyl or cyclic N) is 1. The fraction of sp³-hybridized carbons (Fsp3) is 0.538. The Kier molecular flexibility index (Phi) is 4.86. The summed E-state index contributed by atoms with van der Waals surface area (Å²) in [7, 11) is 0.239. The van der Waals surface area contributed by atoms with Crippen molar-refractivity contribution < 1.29 is 13.5 Å². The number of aliphatic hydroxyl groups is 1. The molecule has 20 heavy (non-hydrogen) atoms. The molecule has 5 nitrogen and oxygen atoms in total. The first-order chi connectivity index (χ1) is 9.30. The lowest BCUT2D eigenvalue weighted by Gasteiger charge is -2.26. The van der Waals surface area contributed by atoms with Gasteiger partial charge in [-0.15, -0.1) is 0 Å². The molecule has 1 aliphatic heterocycles. The summed E-state index contributed by atoms with van der Waals surface area (Å²) in [5, 5.41) is 9.81. The molecule has 0 spiro atoms. The number of benzene rings is 1. The van der Waals surface area contributed by atoms with Crippen molar-refractivity contribution >= 4 is 26.0 Å². The van der Waals surface area contributed by atoms with E-state index in [-0.39, 0.29) is 17.5 Å². The zero-order valence-corrected chi connectivity index (χ0v) is 13.9. The van der Waals surface area contributed by atoms with Gasteiger partial charge < -0.3 is 10.0 Å². The Labute approximate surface area is 128 Å². The minimum absolute atomic E-state index is 0.164. The van der Waals surface area contributed by atoms with Crippen LogP contribution >= 0.6 is 15.9 Å². The Morgan fingerprint density at radius 1 is 1.35 bits per heavy atom. The Hall–Kier alpha value is -0.470. The molecule has 0 aromatic heterocycles. The van der Waals surface area contributed by atoms with E-state index in [0.29, 0.717) is 13.0 Å². The van der Waals surface area contributed by atoms with Gasteiger partial charge in [-0.25, -0.2) is 8.42 Å². The van der Waals surface area contributed by atoms with Gasteiger partial charge in [-0.1, -0.05) is 15.9 Å². The molecule has 112 valence electrons. The van der Waals surface area contributed by atoms with E-state index in [0.717, 1.165) is 4.47 Å². The van der Waals surface area contributed by atoms with Crippen LogP contribution < -0.4 is 0 Å². The number of sulfonamides is 1. The van der Waals surface area contributed by atoms with E-state index in [2.05, 4.69) is 15.9 Å². The van der Waals surface area contributed by atoms with Crippen molar-refractivity contribution in [3.05, 3.63) is 28.7 Å². The van der Waals surface area contributed by atoms with Crippen LogP contribution in [0, 0.1) is 0 Å². The van der Waals surface area contributed by atoms with Gasteiger partial charge in [0.25, 0.3) is 0 Å². The van der Waals surface area contributed by atoms with Crippen molar-refractivity contribution in [1.82, 2.24) is 9.21 Å². The maximum atomic E-state index is 12.7. The topological polar surface area (TPSA) is 60.9 Å². The van der Waals surface area contributed by atoms with Crippen molar-refractivity contribution in [3.8, 4) is 0 Å². The summed E-state index contributed by atoms with van der Waals surface area (Å²) < 4.78 is 27.6. The van der Waals surface area contributed by atoms with Crippen LogP contribution in [0.15, 0.2) is 33.6 Å². The van der Waals surface area contributed by atoms with Crippen LogP contribution in [0.3, 0.4) is 0 Å². The Balaban J connectivity index is 2.29. The fourth-order valence-corrected chi connectivity index (χ4v) is 4.42. The van der Waals surface area contributed by atoms with E-state index in [4.69, 9.17) is 0 Å². The summed E-state index contributed by atoms with van der Waals surface area (Å²) in [4.78, 5) is 2.20. The summed E-state index contributed by atoms with van der Waals surface area (Å²) in [6.45, 7) is 0.768. The van der Waals surface area contributed by atoms with Gasteiger partial charge in [-0.05, 0) is 44.8 Å². The van der Waals surface area contributed by atoms with Gasteiger partial charge in [0.2, 0.25) is 10.0 Å². The molecule has 1 aliphatic rings. The van der Waals surface area contributed by atoms with Crippen LogP contribution in [0.25, 0.3) is 0 Å². The summed E-state index contributed by atoms with van der Waals surface area (Å²) >= 11 is 3.29. The number of hydrogen-bond acceptors (Lipinski definition) is 4. The zero-order chi connectivity index (χ0) is 14.9. The highest BCUT2D eigenvalue weighted by Crippen LogP contribution is 2.27. The Morgan fingerprint density at radius 2 is 1.95 bits per heavy atom. The van der Waals surface area contributed by atoms with Crippen molar-refractivity contribution in [2.24, 2.45) is 0 Å². The molecule has 0 amide bonds. The van der Waals surface area contributed by atoms with Crippen LogP contribution in [0.5, 0.6) is 0 Å². The third kappa shape index (κ3) is 3.40. The minimum Gasteiger partial charge on any atom is -0.392 e. The monoisotopic (exact) mass is 362 g/mol. The van der Waals surface area contributed by atoms with E-state index < -0.39 is 16.1 Å². The van der Waals surface area contributed by atoms with E-state index in [1.54, 1.807) is 24.3 Å². The molecule has 1 N–H and O–H groups in total. The van der Waals surface area contributed by atoms with Crippen LogP contribution in [0.2, 0.25) is 0 Å². The lowest BCUT2D eigenvalue weighted by atomic mass is 10.2. The SMILES string of the molecule is CN(C)CC1CC(O)CN1S(=O)(=O)c1ccc(Br)cc1. The normalized spacial score (nSPS) is 24.4. The van der Waals surface area contributed by atoms with E-state index >= 15 is 0 Å². The second kappa shape index (κ2) is 6.11. The highest BCUT2D eigenvalue weighted by Gasteiger charge is 2.39. The number of aliphatic hydroxyl groups excluding tert-OH is 1. The van der Waals surface area contributed by atoms with Crippen LogP contribution in [0.4, 0.5) is 0 Å². The first kappa shape index (κ1) is 15.9. The van der Waals surface area contributed by atoms with Gasteiger partial charge in [0.05, 0.1) is 11.0 Å². The Morgan fingerprint density at radius 3 is 2.50 bits per heavy atom. The molecule has 1 saturated heterocycles. The maximum absolute atomic E-state index is 12.7. The summed E-state index contributed by atoms with van der Waals surface area (Å²) in [5.74, 6) is 0. The summed E-state index contributed by atoms with van der Waals surface area (Å²) in [6, 6.07) is 6.39. The number of likely N-dealkylation sites (N-methyl/N-ethyl adjacent to an activating group) is 1. The third-order valence-corrected chi connectivity index (χ3v) is 5.80. The molecule has 1 aromatic rings. The predicted octanol–water partition coefficient (Wildman–Crippen LogP) is 1.13. The van der Waals surface area contributed by atoms with Gasteiger partial charge in [-0.3, -0.25) is 0 Å². The second-order valence-electron chi connectivity index (χ2n) is 5.33. The predicted molar refractivity (Wildman–Crippen MR) is 81.0 cm³/mol. The van der Waals surface area contributed by atoms with Crippen molar-refractivity contribution in [2.45, 2.75) is 23.5 Å². The standard InChI is InChI=1S/C13H19BrN2O3S/c1-15(2)8-11-7-12(17)9-16(11)20(18,19)13-5-3-10(14)4-6-13/h3-6,11-12,17H,7-9H2,1-2H3. The number of rotatable bonds is 4. The largest absolute Gasteiger partial charge is 0.392 e. The molecule has 2 rings (SSSR count). The molecule has 1 fully saturated rings. The first-order valence-electron chi connectivity index (χ1n) is 6.41. The molecular formula is C13H19BrN2O3S. The van der Waals surface area contributed by atoms with E-state index in [1.807, 2.05) is 19.0 Å². The van der Waals surface area contributed by atoms with E-state index in [1.165, 1.54) is 4.31 Å². The van der Waals surface area contributed by atoms with Gasteiger partial charge in [0, 0.05) is 23.6 Å². The molecule has 7 heteroatoms. The lowest BCUT2D eigenvalue weighted by Crippen LogP contribution is -2.41. The molecule has 2 unspecified atom stereocenters. The van der Waals surface area contributed by atoms with Crippen LogP contribution in [-0.2, 0) is 10.0 Å². The summed E-state index contributed by atoms with van der Waals surface area (Å²) in [6.07, 6.45) is -0.112. The van der Waals surface area contributed by atoms with Gasteiger partial charge in [0.15, 0.2) is 0 Å². The van der Waals surface area contributed by atoms with Gasteiger partial charge in [-0.2, -0.15) is 4.31 Å². The minimum atomic E-state index is -3.56. The van der Waals surface area contributed by atoms with Crippen molar-refractivity contribution in [3.63, 3.8) is 0 Å². The average Bonchev–Trinajstić information content (AvgIpc) is 2.70. The van der Waals surface area contributed by atoms with E-state index in [9.17, 15) is 13.5 Å². The van der Waals surface area contributed by atoms with Gasteiger partial charge >= 0.3 is 0 Å². The quantitative estimate of drug-likeness (QED) is 0.872. The molecular weight excluding hydrogens is 344 g/mol. The molecule has 1 aromatic carbocycles. The number of halogens is 1. The highest BCUT2D eigenvalue weighted by atomic mass is 79.9. The molecule has 0 aliphatic carbocycles. The average molecular weight is 363 g/mol. The maximum Gasteiger partial charge on any atom is 0.243 e. The highest BCUT2D eigenvalue weighted by molar-refractivity contribution is 9.10. The lowest BCUT2D eigenvalue weighted by molar-refractivity contribution is 0.188. The third-order valence-electron chi connectivity index (χ3n) is 3.34. The Bertz CT molecular complexity index is 559. The van der Waals surface area contributed by atoms with Crippen LogP contribution in [0.1, 0.15) is 6.42 Å². The van der Waals surface area contributed by atoms with Crippen molar-refractivity contribution in [2.75, 3.05) is 27.2 Å². The van der Waals surface area contributed by atoms with Crippen LogP contribution in [-0.4, -0.2) is 62.1 Å². The molecule has 0 bridgehead atoms.